The summed E-state index contributed by atoms with van der Waals surface area (Å²) in [6.45, 7) is 6.95. The molecular weight excluding hydrogens is 362 g/mol. The fraction of sp³-hybridized carbons (Fsp3) is 0.375. The van der Waals surface area contributed by atoms with Crippen LogP contribution in [0.5, 0.6) is 5.88 Å². The van der Waals surface area contributed by atoms with Gasteiger partial charge < -0.3 is 9.64 Å². The molecule has 0 aliphatic heterocycles. The summed E-state index contributed by atoms with van der Waals surface area (Å²) in [5, 5.41) is 4.13. The minimum absolute atomic E-state index is 0.0324. The van der Waals surface area contributed by atoms with Crippen LogP contribution in [0.3, 0.4) is 0 Å². The van der Waals surface area contributed by atoms with Crippen LogP contribution in [0, 0.1) is 6.92 Å². The number of rotatable bonds is 6. The molecule has 0 saturated heterocycles. The van der Waals surface area contributed by atoms with Crippen molar-refractivity contribution in [3.8, 4) is 5.88 Å². The quantitative estimate of drug-likeness (QED) is 0.523. The van der Waals surface area contributed by atoms with Crippen LogP contribution in [0.1, 0.15) is 31.2 Å². The maximum absolute atomic E-state index is 5.96. The molecule has 0 spiro atoms. The third-order valence-electron chi connectivity index (χ3n) is 3.30. The number of thiophene rings is 1. The Balaban J connectivity index is 2.17. The number of pyridine rings is 1. The molecular formula is C16H20BrN3OS. The van der Waals surface area contributed by atoms with Gasteiger partial charge in [-0.1, -0.05) is 0 Å². The van der Waals surface area contributed by atoms with E-state index in [-0.39, 0.29) is 6.10 Å². The minimum Gasteiger partial charge on any atom is -0.469 e. The average molecular weight is 382 g/mol. The van der Waals surface area contributed by atoms with Gasteiger partial charge in [-0.05, 0) is 59.6 Å². The van der Waals surface area contributed by atoms with Crippen molar-refractivity contribution in [1.82, 2.24) is 9.88 Å². The van der Waals surface area contributed by atoms with Gasteiger partial charge in [-0.3, -0.25) is 0 Å². The molecule has 0 radical (unpaired) electrons. The fourth-order valence-corrected chi connectivity index (χ4v) is 2.89. The maximum Gasteiger partial charge on any atom is 0.228 e. The van der Waals surface area contributed by atoms with Crippen molar-refractivity contribution in [2.24, 2.45) is 4.99 Å². The van der Waals surface area contributed by atoms with Crippen molar-refractivity contribution in [3.63, 3.8) is 0 Å². The van der Waals surface area contributed by atoms with Gasteiger partial charge in [0.15, 0.2) is 0 Å². The number of aromatic nitrogens is 1. The average Bonchev–Trinajstić information content (AvgIpc) is 3.03. The van der Waals surface area contributed by atoms with Crippen LogP contribution >= 0.6 is 27.3 Å². The summed E-state index contributed by atoms with van der Waals surface area (Å²) >= 11 is 5.19. The molecule has 118 valence electrons. The normalized spacial score (nSPS) is 12.6. The summed E-state index contributed by atoms with van der Waals surface area (Å²) in [6, 6.07) is 4.01. The Morgan fingerprint density at radius 1 is 1.55 bits per heavy atom. The van der Waals surface area contributed by atoms with Gasteiger partial charge in [-0.15, -0.1) is 0 Å². The van der Waals surface area contributed by atoms with E-state index in [2.05, 4.69) is 44.3 Å². The zero-order chi connectivity index (χ0) is 16.1. The molecule has 0 saturated carbocycles. The molecule has 0 fully saturated rings. The van der Waals surface area contributed by atoms with Crippen molar-refractivity contribution in [2.45, 2.75) is 26.9 Å². The molecule has 0 aliphatic rings. The fourth-order valence-electron chi connectivity index (χ4n) is 1.75. The first-order chi connectivity index (χ1) is 10.5. The highest BCUT2D eigenvalue weighted by atomic mass is 79.9. The van der Waals surface area contributed by atoms with E-state index in [1.54, 1.807) is 11.3 Å². The lowest BCUT2D eigenvalue weighted by Crippen LogP contribution is -2.14. The van der Waals surface area contributed by atoms with Gasteiger partial charge in [0.25, 0.3) is 0 Å². The molecule has 0 amide bonds. The Labute approximate surface area is 144 Å². The van der Waals surface area contributed by atoms with Crippen LogP contribution in [0.15, 0.2) is 32.4 Å². The Morgan fingerprint density at radius 3 is 2.95 bits per heavy atom. The Kier molecular flexibility index (Phi) is 5.97. The Hall–Kier alpha value is -1.40. The van der Waals surface area contributed by atoms with Gasteiger partial charge in [0, 0.05) is 19.2 Å². The van der Waals surface area contributed by atoms with E-state index in [4.69, 9.17) is 4.74 Å². The molecule has 2 aromatic rings. The van der Waals surface area contributed by atoms with E-state index < -0.39 is 0 Å². The lowest BCUT2D eigenvalue weighted by Gasteiger charge is -2.15. The monoisotopic (exact) mass is 381 g/mol. The van der Waals surface area contributed by atoms with Crippen molar-refractivity contribution >= 4 is 39.3 Å². The molecule has 2 heterocycles. The lowest BCUT2D eigenvalue weighted by molar-refractivity contribution is 0.216. The molecule has 6 heteroatoms. The number of aryl methyl sites for hydroxylation is 1. The number of nitrogens with zero attached hydrogens (tertiary/aromatic N) is 3. The summed E-state index contributed by atoms with van der Waals surface area (Å²) in [5.41, 5.74) is 2.84. The molecule has 0 aromatic carbocycles. The van der Waals surface area contributed by atoms with Crippen molar-refractivity contribution in [2.75, 3.05) is 13.6 Å². The number of halogens is 1. The Bertz CT molecular complexity index is 643. The van der Waals surface area contributed by atoms with E-state index >= 15 is 0 Å². The van der Waals surface area contributed by atoms with E-state index in [9.17, 15) is 0 Å². The second kappa shape index (κ2) is 7.74. The predicted octanol–water partition coefficient (Wildman–Crippen LogP) is 4.97. The van der Waals surface area contributed by atoms with E-state index in [1.165, 1.54) is 0 Å². The standard InChI is InChI=1S/C16H20BrN3OS/c1-5-20(4)10-18-15-8-14(17)16(19-11(15)2)21-12(3)13-6-7-22-9-13/h6-10,12H,5H2,1-4H3/b18-10+. The van der Waals surface area contributed by atoms with Crippen molar-refractivity contribution in [3.05, 3.63) is 38.6 Å². The molecule has 2 rings (SSSR count). The van der Waals surface area contributed by atoms with Gasteiger partial charge in [0.05, 0.1) is 22.2 Å². The highest BCUT2D eigenvalue weighted by Gasteiger charge is 2.13. The smallest absolute Gasteiger partial charge is 0.228 e. The van der Waals surface area contributed by atoms with Crippen molar-refractivity contribution < 1.29 is 4.74 Å². The van der Waals surface area contributed by atoms with Gasteiger partial charge in [0.2, 0.25) is 5.88 Å². The molecule has 4 nitrogen and oxygen atoms in total. The van der Waals surface area contributed by atoms with Crippen LogP contribution in [0.2, 0.25) is 0 Å². The summed E-state index contributed by atoms with van der Waals surface area (Å²) in [7, 11) is 1.99. The third kappa shape index (κ3) is 4.30. The molecule has 0 bridgehead atoms. The van der Waals surface area contributed by atoms with Crippen LogP contribution in [0.25, 0.3) is 0 Å². The SMILES string of the molecule is CCN(C)/C=N/c1cc(Br)c(OC(C)c2ccsc2)nc1C. The summed E-state index contributed by atoms with van der Waals surface area (Å²) < 4.78 is 6.77. The molecule has 2 aromatic heterocycles. The maximum atomic E-state index is 5.96. The van der Waals surface area contributed by atoms with Crippen LogP contribution in [-0.4, -0.2) is 29.8 Å². The first-order valence-electron chi connectivity index (χ1n) is 7.11. The second-order valence-corrected chi connectivity index (χ2v) is 6.65. The lowest BCUT2D eigenvalue weighted by atomic mass is 10.2. The summed E-state index contributed by atoms with van der Waals surface area (Å²) in [4.78, 5) is 11.0. The number of hydrogen-bond donors (Lipinski definition) is 0. The number of hydrogen-bond acceptors (Lipinski definition) is 4. The summed E-state index contributed by atoms with van der Waals surface area (Å²) in [6.07, 6.45) is 1.78. The molecule has 22 heavy (non-hydrogen) atoms. The largest absolute Gasteiger partial charge is 0.469 e. The van der Waals surface area contributed by atoms with Gasteiger partial charge in [-0.25, -0.2) is 9.98 Å². The van der Waals surface area contributed by atoms with Crippen LogP contribution in [-0.2, 0) is 0 Å². The molecule has 1 unspecified atom stereocenters. The predicted molar refractivity (Wildman–Crippen MR) is 96.5 cm³/mol. The molecule has 0 N–H and O–H groups in total. The topological polar surface area (TPSA) is 37.7 Å². The van der Waals surface area contributed by atoms with E-state index in [1.807, 2.05) is 43.6 Å². The first kappa shape index (κ1) is 17.0. The molecule has 1 atom stereocenters. The second-order valence-electron chi connectivity index (χ2n) is 5.01. The van der Waals surface area contributed by atoms with Crippen LogP contribution in [0.4, 0.5) is 5.69 Å². The van der Waals surface area contributed by atoms with Gasteiger partial charge in [0.1, 0.15) is 6.10 Å². The molecule has 0 aliphatic carbocycles. The highest BCUT2D eigenvalue weighted by Crippen LogP contribution is 2.32. The number of aliphatic imine (C=N–C) groups is 1. The van der Waals surface area contributed by atoms with Crippen LogP contribution < -0.4 is 4.74 Å². The van der Waals surface area contributed by atoms with E-state index in [0.717, 1.165) is 28.0 Å². The van der Waals surface area contributed by atoms with Crippen molar-refractivity contribution in [1.29, 1.82) is 0 Å². The van der Waals surface area contributed by atoms with Gasteiger partial charge >= 0.3 is 0 Å². The highest BCUT2D eigenvalue weighted by molar-refractivity contribution is 9.10. The zero-order valence-electron chi connectivity index (χ0n) is 13.2. The van der Waals surface area contributed by atoms with E-state index in [0.29, 0.717) is 5.88 Å². The van der Waals surface area contributed by atoms with Gasteiger partial charge in [-0.2, -0.15) is 11.3 Å². The first-order valence-corrected chi connectivity index (χ1v) is 8.85. The zero-order valence-corrected chi connectivity index (χ0v) is 15.6. The Morgan fingerprint density at radius 2 is 2.32 bits per heavy atom. The minimum atomic E-state index is -0.0324. The summed E-state index contributed by atoms with van der Waals surface area (Å²) in [5.74, 6) is 0.596. The third-order valence-corrected chi connectivity index (χ3v) is 4.57. The number of ether oxygens (including phenoxy) is 1.